The minimum absolute atomic E-state index is 0.375. The molecule has 1 fully saturated rings. The van der Waals surface area contributed by atoms with Gasteiger partial charge in [-0.05, 0) is 48.7 Å². The van der Waals surface area contributed by atoms with Gasteiger partial charge in [-0.25, -0.2) is 0 Å². The molecule has 1 aliphatic carbocycles. The molecule has 0 radical (unpaired) electrons. The number of hydrogen-bond donors (Lipinski definition) is 1. The average molecular weight is 452 g/mol. The number of hydrogen-bond acceptors (Lipinski definition) is 4. The summed E-state index contributed by atoms with van der Waals surface area (Å²) in [6.07, 6.45) is 9.46. The van der Waals surface area contributed by atoms with E-state index in [1.807, 2.05) is 16.9 Å². The Kier molecular flexibility index (Phi) is 5.20. The van der Waals surface area contributed by atoms with Gasteiger partial charge in [-0.2, -0.15) is 23.4 Å². The van der Waals surface area contributed by atoms with Crippen molar-refractivity contribution in [2.45, 2.75) is 31.6 Å². The molecule has 5 rings (SSSR count). The monoisotopic (exact) mass is 452 g/mol. The maximum absolute atomic E-state index is 12.6. The van der Waals surface area contributed by atoms with E-state index in [9.17, 15) is 18.0 Å². The van der Waals surface area contributed by atoms with Crippen LogP contribution < -0.4 is 5.32 Å². The third kappa shape index (κ3) is 4.94. The molecule has 7 nitrogen and oxygen atoms in total. The lowest BCUT2D eigenvalue weighted by molar-refractivity contribution is -0.142. The zero-order valence-corrected chi connectivity index (χ0v) is 17.3. The van der Waals surface area contributed by atoms with E-state index >= 15 is 0 Å². The molecule has 0 unspecified atom stereocenters. The van der Waals surface area contributed by atoms with E-state index in [4.69, 9.17) is 0 Å². The molecule has 4 aromatic rings. The fourth-order valence-corrected chi connectivity index (χ4v) is 3.59. The molecule has 0 saturated heterocycles. The van der Waals surface area contributed by atoms with Gasteiger partial charge in [0.2, 0.25) is 5.91 Å². The molecule has 1 amide bonds. The number of amides is 1. The maximum atomic E-state index is 12.6. The number of pyridine rings is 1. The first-order valence-electron chi connectivity index (χ1n) is 10.4. The summed E-state index contributed by atoms with van der Waals surface area (Å²) >= 11 is 0. The zero-order valence-electron chi connectivity index (χ0n) is 17.3. The van der Waals surface area contributed by atoms with Gasteiger partial charge in [-0.3, -0.25) is 19.1 Å². The van der Waals surface area contributed by atoms with E-state index in [0.717, 1.165) is 34.2 Å². The van der Waals surface area contributed by atoms with E-state index in [1.54, 1.807) is 42.9 Å². The summed E-state index contributed by atoms with van der Waals surface area (Å²) < 4.78 is 40.6. The lowest BCUT2D eigenvalue weighted by atomic mass is 10.0. The van der Waals surface area contributed by atoms with Crippen LogP contribution in [-0.2, 0) is 11.3 Å². The van der Waals surface area contributed by atoms with Crippen LogP contribution in [0.3, 0.4) is 0 Å². The standard InChI is InChI=1S/C23H19F3N6O/c24-23(25,26)14-31-12-16-9-18(2-5-21(16)30-31)29-22(33)6-1-15-10-27-8-7-20(15)17-11-28-32(13-17)19-3-4-19/h1-2,5-13,19H,3-4,14H2,(H,29,33). The van der Waals surface area contributed by atoms with E-state index in [-0.39, 0.29) is 5.91 Å². The molecular weight excluding hydrogens is 433 g/mol. The number of carbonyl (C=O) groups excluding carboxylic acids is 1. The minimum atomic E-state index is -4.36. The van der Waals surface area contributed by atoms with Crippen molar-refractivity contribution in [2.24, 2.45) is 0 Å². The van der Waals surface area contributed by atoms with E-state index in [1.165, 1.54) is 12.3 Å². The molecule has 3 heterocycles. The molecular formula is C23H19F3N6O. The Balaban J connectivity index is 1.30. The number of carbonyl (C=O) groups is 1. The van der Waals surface area contributed by atoms with Crippen molar-refractivity contribution in [3.8, 4) is 11.1 Å². The van der Waals surface area contributed by atoms with Crippen molar-refractivity contribution < 1.29 is 18.0 Å². The Hall–Kier alpha value is -3.95. The molecule has 0 atom stereocenters. The fraction of sp³-hybridized carbons (Fsp3) is 0.217. The van der Waals surface area contributed by atoms with Crippen molar-refractivity contribution >= 4 is 28.6 Å². The minimum Gasteiger partial charge on any atom is -0.322 e. The van der Waals surface area contributed by atoms with Gasteiger partial charge in [-0.15, -0.1) is 0 Å². The van der Waals surface area contributed by atoms with Gasteiger partial charge in [0.1, 0.15) is 6.54 Å². The Morgan fingerprint density at radius 3 is 2.82 bits per heavy atom. The number of rotatable bonds is 6. The predicted molar refractivity (Wildman–Crippen MR) is 117 cm³/mol. The largest absolute Gasteiger partial charge is 0.408 e. The summed E-state index contributed by atoms with van der Waals surface area (Å²) in [5, 5.41) is 11.6. The van der Waals surface area contributed by atoms with Crippen molar-refractivity contribution in [3.05, 3.63) is 66.9 Å². The normalized spacial score (nSPS) is 14.3. The highest BCUT2D eigenvalue weighted by molar-refractivity contribution is 6.03. The van der Waals surface area contributed by atoms with Crippen LogP contribution in [0, 0.1) is 0 Å². The van der Waals surface area contributed by atoms with Crippen LogP contribution in [0.2, 0.25) is 0 Å². The number of alkyl halides is 3. The number of nitrogens with zero attached hydrogens (tertiary/aromatic N) is 5. The first-order chi connectivity index (χ1) is 15.8. The van der Waals surface area contributed by atoms with E-state index in [2.05, 4.69) is 20.5 Å². The second-order valence-corrected chi connectivity index (χ2v) is 7.94. The average Bonchev–Trinajstić information content (AvgIpc) is 3.36. The maximum Gasteiger partial charge on any atom is 0.408 e. The van der Waals surface area contributed by atoms with Gasteiger partial charge in [0.25, 0.3) is 0 Å². The lowest BCUT2D eigenvalue weighted by Crippen LogP contribution is -2.17. The fourth-order valence-electron chi connectivity index (χ4n) is 3.59. The van der Waals surface area contributed by atoms with Crippen LogP contribution in [0.15, 0.2) is 61.3 Å². The van der Waals surface area contributed by atoms with E-state index in [0.29, 0.717) is 22.6 Å². The molecule has 0 aliphatic heterocycles. The summed E-state index contributed by atoms with van der Waals surface area (Å²) in [4.78, 5) is 16.6. The number of fused-ring (bicyclic) bond motifs is 1. The Morgan fingerprint density at radius 2 is 2.03 bits per heavy atom. The Bertz CT molecular complexity index is 1350. The highest BCUT2D eigenvalue weighted by Gasteiger charge is 2.28. The Morgan fingerprint density at radius 1 is 1.18 bits per heavy atom. The Labute approximate surface area is 186 Å². The first-order valence-corrected chi connectivity index (χ1v) is 10.4. The highest BCUT2D eigenvalue weighted by Crippen LogP contribution is 2.35. The van der Waals surface area contributed by atoms with Crippen molar-refractivity contribution in [1.82, 2.24) is 24.5 Å². The van der Waals surface area contributed by atoms with Crippen LogP contribution in [-0.4, -0.2) is 36.6 Å². The van der Waals surface area contributed by atoms with Crippen LogP contribution in [0.25, 0.3) is 28.1 Å². The van der Waals surface area contributed by atoms with Crippen molar-refractivity contribution in [1.29, 1.82) is 0 Å². The molecule has 1 saturated carbocycles. The SMILES string of the molecule is O=C(C=Cc1cnccc1-c1cnn(C2CC2)c1)Nc1ccc2nn(CC(F)(F)F)cc2c1. The molecule has 33 heavy (non-hydrogen) atoms. The van der Waals surface area contributed by atoms with Gasteiger partial charge in [0.05, 0.1) is 17.8 Å². The van der Waals surface area contributed by atoms with Gasteiger partial charge in [0.15, 0.2) is 0 Å². The number of aromatic nitrogens is 5. The van der Waals surface area contributed by atoms with Crippen LogP contribution in [0.5, 0.6) is 0 Å². The molecule has 0 bridgehead atoms. The summed E-state index contributed by atoms with van der Waals surface area (Å²) in [5.41, 5.74) is 3.51. The molecule has 10 heteroatoms. The topological polar surface area (TPSA) is 77.6 Å². The van der Waals surface area contributed by atoms with Gasteiger partial charge in [-0.1, -0.05) is 0 Å². The summed E-state index contributed by atoms with van der Waals surface area (Å²) in [6, 6.07) is 7.10. The molecule has 1 aromatic carbocycles. The summed E-state index contributed by atoms with van der Waals surface area (Å²) in [7, 11) is 0. The second kappa shape index (κ2) is 8.19. The first kappa shape index (κ1) is 20.9. The number of benzene rings is 1. The third-order valence-corrected chi connectivity index (χ3v) is 5.26. The summed E-state index contributed by atoms with van der Waals surface area (Å²) in [5.74, 6) is -0.375. The molecule has 1 N–H and O–H groups in total. The van der Waals surface area contributed by atoms with Crippen molar-refractivity contribution in [3.63, 3.8) is 0 Å². The van der Waals surface area contributed by atoms with Crippen molar-refractivity contribution in [2.75, 3.05) is 5.32 Å². The molecule has 168 valence electrons. The van der Waals surface area contributed by atoms with Gasteiger partial charge in [0, 0.05) is 53.1 Å². The molecule has 3 aromatic heterocycles. The number of anilines is 1. The third-order valence-electron chi connectivity index (χ3n) is 5.26. The quantitative estimate of drug-likeness (QED) is 0.425. The number of halogens is 3. The van der Waals surface area contributed by atoms with Crippen LogP contribution in [0.1, 0.15) is 24.4 Å². The van der Waals surface area contributed by atoms with Gasteiger partial charge >= 0.3 is 6.18 Å². The lowest BCUT2D eigenvalue weighted by Gasteiger charge is -2.04. The van der Waals surface area contributed by atoms with E-state index < -0.39 is 12.7 Å². The van der Waals surface area contributed by atoms with Gasteiger partial charge < -0.3 is 5.32 Å². The molecule has 1 aliphatic rings. The van der Waals surface area contributed by atoms with Crippen LogP contribution in [0.4, 0.5) is 18.9 Å². The zero-order chi connectivity index (χ0) is 23.0. The van der Waals surface area contributed by atoms with Crippen LogP contribution >= 0.6 is 0 Å². The molecule has 0 spiro atoms. The summed E-state index contributed by atoms with van der Waals surface area (Å²) in [6.45, 7) is -1.17. The predicted octanol–water partition coefficient (Wildman–Crippen LogP) is 4.84. The highest BCUT2D eigenvalue weighted by atomic mass is 19.4. The number of nitrogens with one attached hydrogen (secondary N) is 1. The smallest absolute Gasteiger partial charge is 0.322 e. The second-order valence-electron chi connectivity index (χ2n) is 7.94.